The van der Waals surface area contributed by atoms with Crippen molar-refractivity contribution in [2.24, 2.45) is 0 Å². The Morgan fingerprint density at radius 2 is 2.05 bits per heavy atom. The maximum absolute atomic E-state index is 11.9. The molecule has 0 aliphatic rings. The van der Waals surface area contributed by atoms with Crippen molar-refractivity contribution in [2.45, 2.75) is 24.3 Å². The number of halogens is 1. The summed E-state index contributed by atoms with van der Waals surface area (Å²) >= 11 is 0. The molecule has 0 aliphatic heterocycles. The van der Waals surface area contributed by atoms with Crippen LogP contribution in [-0.2, 0) is 25.0 Å². The maximum atomic E-state index is 11.9. The first-order valence-corrected chi connectivity index (χ1v) is 8.48. The van der Waals surface area contributed by atoms with Gasteiger partial charge in [-0.25, -0.2) is 8.42 Å². The predicted molar refractivity (Wildman–Crippen MR) is 79.2 cm³/mol. The number of amides is 1. The smallest absolute Gasteiger partial charge is 0.261 e. The van der Waals surface area contributed by atoms with Crippen LogP contribution < -0.4 is 10.1 Å². The minimum atomic E-state index is -3.85. The number of carbonyl (C=O) groups is 1. The lowest BCUT2D eigenvalue weighted by Gasteiger charge is -2.14. The summed E-state index contributed by atoms with van der Waals surface area (Å²) in [5.41, 5.74) is 0.446. The van der Waals surface area contributed by atoms with Crippen molar-refractivity contribution in [3.63, 3.8) is 0 Å². The average molecular weight is 336 g/mol. The topological polar surface area (TPSA) is 81.7 Å². The van der Waals surface area contributed by atoms with Crippen LogP contribution >= 0.6 is 10.7 Å². The van der Waals surface area contributed by atoms with Crippen molar-refractivity contribution in [1.82, 2.24) is 5.32 Å². The highest BCUT2D eigenvalue weighted by Gasteiger charge is 2.16. The Kier molecular flexibility index (Phi) is 6.44. The summed E-state index contributed by atoms with van der Waals surface area (Å²) in [4.78, 5) is 11.9. The molecule has 0 spiro atoms. The number of benzene rings is 1. The summed E-state index contributed by atoms with van der Waals surface area (Å²) in [5, 5.41) is 2.74. The van der Waals surface area contributed by atoms with Crippen molar-refractivity contribution in [3.8, 4) is 5.75 Å². The van der Waals surface area contributed by atoms with Gasteiger partial charge in [0.2, 0.25) is 5.91 Å². The molecule has 6 nitrogen and oxygen atoms in total. The molecule has 0 saturated heterocycles. The summed E-state index contributed by atoms with van der Waals surface area (Å²) < 4.78 is 32.7. The molecule has 1 unspecified atom stereocenters. The number of hydrogen-bond donors (Lipinski definition) is 1. The fourth-order valence-electron chi connectivity index (χ4n) is 1.84. The third kappa shape index (κ3) is 5.53. The lowest BCUT2D eigenvalue weighted by atomic mass is 10.1. The minimum Gasteiger partial charge on any atom is -0.496 e. The average Bonchev–Trinajstić information content (AvgIpc) is 2.37. The SMILES string of the molecule is COCC(C)NC(=O)Cc1cc(S(=O)(=O)Cl)ccc1OC. The van der Waals surface area contributed by atoms with Crippen LogP contribution in [0.25, 0.3) is 0 Å². The molecular formula is C13H18ClNO5S. The molecule has 21 heavy (non-hydrogen) atoms. The molecule has 8 heteroatoms. The van der Waals surface area contributed by atoms with Crippen molar-refractivity contribution >= 4 is 25.6 Å². The van der Waals surface area contributed by atoms with E-state index < -0.39 is 9.05 Å². The highest BCUT2D eigenvalue weighted by molar-refractivity contribution is 8.13. The van der Waals surface area contributed by atoms with Crippen LogP contribution in [0.4, 0.5) is 0 Å². The van der Waals surface area contributed by atoms with E-state index >= 15 is 0 Å². The lowest BCUT2D eigenvalue weighted by Crippen LogP contribution is -2.36. The highest BCUT2D eigenvalue weighted by Crippen LogP contribution is 2.24. The standard InChI is InChI=1S/C13H18ClNO5S/c1-9(8-19-2)15-13(16)7-10-6-11(21(14,17)18)4-5-12(10)20-3/h4-6,9H,7-8H2,1-3H3,(H,15,16). The summed E-state index contributed by atoms with van der Waals surface area (Å²) in [7, 11) is 4.44. The van der Waals surface area contributed by atoms with Crippen LogP contribution in [0.3, 0.4) is 0 Å². The summed E-state index contributed by atoms with van der Waals surface area (Å²) in [6, 6.07) is 3.99. The van der Waals surface area contributed by atoms with E-state index in [1.54, 1.807) is 14.0 Å². The van der Waals surface area contributed by atoms with Gasteiger partial charge < -0.3 is 14.8 Å². The minimum absolute atomic E-state index is 0.0164. The van der Waals surface area contributed by atoms with Gasteiger partial charge in [0.15, 0.2) is 0 Å². The molecule has 0 radical (unpaired) electrons. The second-order valence-corrected chi connectivity index (χ2v) is 7.08. The molecule has 1 aromatic rings. The number of hydrogen-bond acceptors (Lipinski definition) is 5. The van der Waals surface area contributed by atoms with E-state index in [0.717, 1.165) is 0 Å². The van der Waals surface area contributed by atoms with Gasteiger partial charge in [0.1, 0.15) is 5.75 Å². The Bertz CT molecular complexity index is 603. The van der Waals surface area contributed by atoms with E-state index in [1.165, 1.54) is 25.3 Å². The lowest BCUT2D eigenvalue weighted by molar-refractivity contribution is -0.121. The molecule has 0 aromatic heterocycles. The van der Waals surface area contributed by atoms with Crippen LogP contribution in [0.5, 0.6) is 5.75 Å². The Hall–Kier alpha value is -1.31. The second kappa shape index (κ2) is 7.63. The zero-order valence-corrected chi connectivity index (χ0v) is 13.6. The molecule has 1 rings (SSSR count). The van der Waals surface area contributed by atoms with Gasteiger partial charge in [-0.15, -0.1) is 0 Å². The Morgan fingerprint density at radius 1 is 1.38 bits per heavy atom. The number of carbonyl (C=O) groups excluding carboxylic acids is 1. The van der Waals surface area contributed by atoms with Crippen molar-refractivity contribution in [3.05, 3.63) is 23.8 Å². The molecule has 0 saturated carbocycles. The molecule has 0 fully saturated rings. The molecule has 118 valence electrons. The Balaban J connectivity index is 2.93. The van der Waals surface area contributed by atoms with Gasteiger partial charge in [-0.1, -0.05) is 0 Å². The zero-order valence-electron chi connectivity index (χ0n) is 12.1. The van der Waals surface area contributed by atoms with Crippen molar-refractivity contribution in [1.29, 1.82) is 0 Å². The van der Waals surface area contributed by atoms with Crippen LogP contribution in [0.1, 0.15) is 12.5 Å². The van der Waals surface area contributed by atoms with E-state index in [0.29, 0.717) is 17.9 Å². The van der Waals surface area contributed by atoms with Gasteiger partial charge in [-0.3, -0.25) is 4.79 Å². The van der Waals surface area contributed by atoms with Crippen molar-refractivity contribution in [2.75, 3.05) is 20.8 Å². The predicted octanol–water partition coefficient (Wildman–Crippen LogP) is 1.32. The molecule has 0 heterocycles. The zero-order chi connectivity index (χ0) is 16.0. The number of rotatable bonds is 7. The Labute approximate surface area is 128 Å². The molecule has 1 N–H and O–H groups in total. The molecule has 0 bridgehead atoms. The fourth-order valence-corrected chi connectivity index (χ4v) is 2.64. The van der Waals surface area contributed by atoms with Gasteiger partial charge >= 0.3 is 0 Å². The molecular weight excluding hydrogens is 318 g/mol. The van der Waals surface area contributed by atoms with Crippen molar-refractivity contribution < 1.29 is 22.7 Å². The first-order valence-electron chi connectivity index (χ1n) is 6.17. The largest absolute Gasteiger partial charge is 0.496 e. The quantitative estimate of drug-likeness (QED) is 0.760. The normalized spacial score (nSPS) is 12.8. The van der Waals surface area contributed by atoms with Gasteiger partial charge in [0.05, 0.1) is 25.0 Å². The monoisotopic (exact) mass is 335 g/mol. The molecule has 1 amide bonds. The van der Waals surface area contributed by atoms with Gasteiger partial charge in [0, 0.05) is 29.4 Å². The van der Waals surface area contributed by atoms with Gasteiger partial charge in [-0.05, 0) is 25.1 Å². The van der Waals surface area contributed by atoms with E-state index in [9.17, 15) is 13.2 Å². The third-order valence-corrected chi connectivity index (χ3v) is 4.06. The first kappa shape index (κ1) is 17.7. The maximum Gasteiger partial charge on any atom is 0.261 e. The van der Waals surface area contributed by atoms with Crippen LogP contribution in [0.2, 0.25) is 0 Å². The van der Waals surface area contributed by atoms with E-state index in [-0.39, 0.29) is 23.3 Å². The number of nitrogens with one attached hydrogen (secondary N) is 1. The van der Waals surface area contributed by atoms with Gasteiger partial charge in [0.25, 0.3) is 9.05 Å². The highest BCUT2D eigenvalue weighted by atomic mass is 35.7. The van der Waals surface area contributed by atoms with E-state index in [2.05, 4.69) is 5.32 Å². The molecule has 0 aliphatic carbocycles. The van der Waals surface area contributed by atoms with Crippen LogP contribution in [0, 0.1) is 0 Å². The Morgan fingerprint density at radius 3 is 2.57 bits per heavy atom. The number of ether oxygens (including phenoxy) is 2. The van der Waals surface area contributed by atoms with Gasteiger partial charge in [-0.2, -0.15) is 0 Å². The second-order valence-electron chi connectivity index (χ2n) is 4.51. The first-order chi connectivity index (χ1) is 9.77. The van der Waals surface area contributed by atoms with Crippen LogP contribution in [-0.4, -0.2) is 41.2 Å². The van der Waals surface area contributed by atoms with E-state index in [4.69, 9.17) is 20.2 Å². The summed E-state index contributed by atoms with van der Waals surface area (Å²) in [5.74, 6) is 0.163. The van der Waals surface area contributed by atoms with E-state index in [1.807, 2.05) is 0 Å². The van der Waals surface area contributed by atoms with Crippen LogP contribution in [0.15, 0.2) is 23.1 Å². The fraction of sp³-hybridized carbons (Fsp3) is 0.462. The summed E-state index contributed by atoms with van der Waals surface area (Å²) in [6.07, 6.45) is -0.0164. The molecule has 1 atom stereocenters. The summed E-state index contributed by atoms with van der Waals surface area (Å²) in [6.45, 7) is 2.19. The third-order valence-electron chi connectivity index (χ3n) is 2.71. The molecule has 1 aromatic carbocycles. The number of methoxy groups -OCH3 is 2.